The lowest BCUT2D eigenvalue weighted by Crippen LogP contribution is -2.07. The maximum Gasteiger partial charge on any atom is 0.419 e. The van der Waals surface area contributed by atoms with Crippen LogP contribution in [-0.4, -0.2) is 18.2 Å². The van der Waals surface area contributed by atoms with Crippen LogP contribution >= 0.6 is 0 Å². The molecule has 0 unspecified atom stereocenters. The number of carbonyl (C=O) groups is 1. The first kappa shape index (κ1) is 12.3. The molecule has 96 valence electrons. The van der Waals surface area contributed by atoms with Crippen LogP contribution in [0.25, 0.3) is 11.0 Å². The smallest absolute Gasteiger partial charge is 0.419 e. The molecule has 0 spiro atoms. The van der Waals surface area contributed by atoms with Gasteiger partial charge in [0.2, 0.25) is 0 Å². The number of carboxylic acid groups (broad SMARTS) is 1. The summed E-state index contributed by atoms with van der Waals surface area (Å²) in [4.78, 5) is 10.8. The van der Waals surface area contributed by atoms with Gasteiger partial charge in [0.25, 0.3) is 0 Å². The first-order valence-electron chi connectivity index (χ1n) is 4.74. The van der Waals surface area contributed by atoms with Crippen LogP contribution in [-0.2, 0) is 6.18 Å². The SMILES string of the molecule is COc1cc2occ(C(=O)O)c2cc1C(F)(F)F. The molecular formula is C11H7F3O4. The van der Waals surface area contributed by atoms with Crippen molar-refractivity contribution in [2.75, 3.05) is 7.11 Å². The van der Waals surface area contributed by atoms with Crippen molar-refractivity contribution in [2.24, 2.45) is 0 Å². The second kappa shape index (κ2) is 3.94. The molecule has 1 N–H and O–H groups in total. The number of alkyl halides is 3. The second-order valence-corrected chi connectivity index (χ2v) is 3.50. The van der Waals surface area contributed by atoms with E-state index in [0.29, 0.717) is 6.07 Å². The minimum absolute atomic E-state index is 0.0252. The quantitative estimate of drug-likeness (QED) is 0.900. The van der Waals surface area contributed by atoms with Crippen molar-refractivity contribution in [1.29, 1.82) is 0 Å². The third-order valence-electron chi connectivity index (χ3n) is 2.43. The van der Waals surface area contributed by atoms with E-state index in [-0.39, 0.29) is 16.5 Å². The van der Waals surface area contributed by atoms with Crippen LogP contribution in [0.5, 0.6) is 5.75 Å². The Bertz CT molecular complexity index is 613. The molecule has 0 saturated carbocycles. The summed E-state index contributed by atoms with van der Waals surface area (Å²) in [7, 11) is 1.09. The molecule has 0 aliphatic rings. The zero-order valence-corrected chi connectivity index (χ0v) is 9.04. The fourth-order valence-corrected chi connectivity index (χ4v) is 1.61. The fraction of sp³-hybridized carbons (Fsp3) is 0.182. The summed E-state index contributed by atoms with van der Waals surface area (Å²) in [5, 5.41) is 8.70. The third kappa shape index (κ3) is 1.87. The van der Waals surface area contributed by atoms with Gasteiger partial charge in [-0.1, -0.05) is 0 Å². The van der Waals surface area contributed by atoms with E-state index in [2.05, 4.69) is 4.74 Å². The fourth-order valence-electron chi connectivity index (χ4n) is 1.61. The molecule has 18 heavy (non-hydrogen) atoms. The lowest BCUT2D eigenvalue weighted by Gasteiger charge is -2.11. The van der Waals surface area contributed by atoms with Crippen LogP contribution in [0.1, 0.15) is 15.9 Å². The molecule has 0 amide bonds. The monoisotopic (exact) mass is 260 g/mol. The van der Waals surface area contributed by atoms with Crippen molar-refractivity contribution >= 4 is 16.9 Å². The number of rotatable bonds is 2. The zero-order valence-electron chi connectivity index (χ0n) is 9.04. The van der Waals surface area contributed by atoms with Gasteiger partial charge in [-0.15, -0.1) is 0 Å². The van der Waals surface area contributed by atoms with Crippen molar-refractivity contribution < 1.29 is 32.2 Å². The van der Waals surface area contributed by atoms with Crippen molar-refractivity contribution in [2.45, 2.75) is 6.18 Å². The second-order valence-electron chi connectivity index (χ2n) is 3.50. The molecule has 1 aromatic heterocycles. The van der Waals surface area contributed by atoms with Gasteiger partial charge in [0.15, 0.2) is 0 Å². The molecule has 1 aromatic carbocycles. The molecule has 4 nitrogen and oxygen atoms in total. The van der Waals surface area contributed by atoms with E-state index in [1.54, 1.807) is 0 Å². The molecule has 0 saturated heterocycles. The normalized spacial score (nSPS) is 11.8. The summed E-state index contributed by atoms with van der Waals surface area (Å²) >= 11 is 0. The van der Waals surface area contributed by atoms with E-state index in [1.807, 2.05) is 0 Å². The van der Waals surface area contributed by atoms with E-state index in [0.717, 1.165) is 19.4 Å². The number of hydrogen-bond donors (Lipinski definition) is 1. The van der Waals surface area contributed by atoms with Gasteiger partial charge in [-0.05, 0) is 6.07 Å². The number of hydrogen-bond acceptors (Lipinski definition) is 3. The van der Waals surface area contributed by atoms with E-state index < -0.39 is 23.5 Å². The van der Waals surface area contributed by atoms with Gasteiger partial charge in [0, 0.05) is 11.5 Å². The number of ether oxygens (including phenoxy) is 1. The Morgan fingerprint density at radius 2 is 2.06 bits per heavy atom. The average Bonchev–Trinajstić information content (AvgIpc) is 2.68. The number of benzene rings is 1. The van der Waals surface area contributed by atoms with Crippen molar-refractivity contribution in [3.05, 3.63) is 29.5 Å². The highest BCUT2D eigenvalue weighted by atomic mass is 19.4. The summed E-state index contributed by atoms with van der Waals surface area (Å²) in [6, 6.07) is 1.73. The van der Waals surface area contributed by atoms with Crippen LogP contribution in [0.15, 0.2) is 22.8 Å². The molecule has 0 atom stereocenters. The predicted molar refractivity (Wildman–Crippen MR) is 54.7 cm³/mol. The molecule has 2 aromatic rings. The standard InChI is InChI=1S/C11H7F3O4/c1-17-9-3-8-5(2-7(9)11(12,13)14)6(4-18-8)10(15)16/h2-4H,1H3,(H,15,16). The van der Waals surface area contributed by atoms with Gasteiger partial charge in [-0.2, -0.15) is 13.2 Å². The minimum Gasteiger partial charge on any atom is -0.496 e. The molecule has 2 rings (SSSR count). The van der Waals surface area contributed by atoms with Crippen LogP contribution in [0.4, 0.5) is 13.2 Å². The van der Waals surface area contributed by atoms with Crippen molar-refractivity contribution in [1.82, 2.24) is 0 Å². The number of fused-ring (bicyclic) bond motifs is 1. The number of halogens is 3. The maximum absolute atomic E-state index is 12.7. The van der Waals surface area contributed by atoms with Crippen LogP contribution in [0, 0.1) is 0 Å². The Morgan fingerprint density at radius 1 is 1.39 bits per heavy atom. The summed E-state index contributed by atoms with van der Waals surface area (Å²) < 4.78 is 47.7. The first-order valence-corrected chi connectivity index (χ1v) is 4.74. The van der Waals surface area contributed by atoms with Crippen LogP contribution in [0.2, 0.25) is 0 Å². The maximum atomic E-state index is 12.7. The summed E-state index contributed by atoms with van der Waals surface area (Å²) in [5.41, 5.74) is -1.34. The third-order valence-corrected chi connectivity index (χ3v) is 2.43. The molecular weight excluding hydrogens is 253 g/mol. The Hall–Kier alpha value is -2.18. The van der Waals surface area contributed by atoms with E-state index in [4.69, 9.17) is 9.52 Å². The topological polar surface area (TPSA) is 59.7 Å². The molecule has 0 aliphatic carbocycles. The zero-order chi connectivity index (χ0) is 13.5. The van der Waals surface area contributed by atoms with Crippen LogP contribution in [0.3, 0.4) is 0 Å². The Kier molecular flexibility index (Phi) is 2.68. The number of carboxylic acids is 1. The largest absolute Gasteiger partial charge is 0.496 e. The van der Waals surface area contributed by atoms with Gasteiger partial charge in [-0.25, -0.2) is 4.79 Å². The molecule has 7 heteroatoms. The molecule has 0 aliphatic heterocycles. The van der Waals surface area contributed by atoms with Crippen molar-refractivity contribution in [3.63, 3.8) is 0 Å². The average molecular weight is 260 g/mol. The van der Waals surface area contributed by atoms with Crippen LogP contribution < -0.4 is 4.74 Å². The van der Waals surface area contributed by atoms with E-state index >= 15 is 0 Å². The molecule has 0 radical (unpaired) electrons. The Labute approximate surface area is 98.6 Å². The highest BCUT2D eigenvalue weighted by Gasteiger charge is 2.35. The minimum atomic E-state index is -4.63. The lowest BCUT2D eigenvalue weighted by molar-refractivity contribution is -0.138. The Morgan fingerprint density at radius 3 is 2.56 bits per heavy atom. The highest BCUT2D eigenvalue weighted by molar-refractivity contribution is 6.02. The van der Waals surface area contributed by atoms with E-state index in [9.17, 15) is 18.0 Å². The number of furan rings is 1. The van der Waals surface area contributed by atoms with E-state index in [1.165, 1.54) is 0 Å². The van der Waals surface area contributed by atoms with Crippen molar-refractivity contribution in [3.8, 4) is 5.75 Å². The highest BCUT2D eigenvalue weighted by Crippen LogP contribution is 2.39. The lowest BCUT2D eigenvalue weighted by atomic mass is 10.1. The molecule has 0 bridgehead atoms. The molecule has 1 heterocycles. The molecule has 0 fully saturated rings. The van der Waals surface area contributed by atoms with Gasteiger partial charge in [0.05, 0.1) is 12.7 Å². The first-order chi connectivity index (χ1) is 8.34. The van der Waals surface area contributed by atoms with Gasteiger partial charge in [0.1, 0.15) is 23.2 Å². The summed E-state index contributed by atoms with van der Waals surface area (Å²) in [5.74, 6) is -1.77. The van der Waals surface area contributed by atoms with Gasteiger partial charge < -0.3 is 14.3 Å². The summed E-state index contributed by atoms with van der Waals surface area (Å²) in [6.07, 6.45) is -3.74. The van der Waals surface area contributed by atoms with Gasteiger partial charge in [-0.3, -0.25) is 0 Å². The predicted octanol–water partition coefficient (Wildman–Crippen LogP) is 3.16. The number of aromatic carboxylic acids is 1. The van der Waals surface area contributed by atoms with Gasteiger partial charge >= 0.3 is 12.1 Å². The summed E-state index contributed by atoms with van der Waals surface area (Å²) in [6.45, 7) is 0. The number of methoxy groups -OCH3 is 1. The Balaban J connectivity index is 2.77.